The maximum Gasteiger partial charge on any atom is 0.163 e. The van der Waals surface area contributed by atoms with Crippen molar-refractivity contribution in [3.63, 3.8) is 0 Å². The lowest BCUT2D eigenvalue weighted by atomic mass is 10.0. The summed E-state index contributed by atoms with van der Waals surface area (Å²) in [5.74, 6) is 1.41. The number of pyridine rings is 2. The molecule has 3 heterocycles. The van der Waals surface area contributed by atoms with E-state index in [-0.39, 0.29) is 0 Å². The number of nitrogens with one attached hydrogen (secondary N) is 1. The van der Waals surface area contributed by atoms with Gasteiger partial charge in [-0.25, -0.2) is 14.4 Å². The normalized spacial score (nSPS) is 10.8. The first-order chi connectivity index (χ1) is 15.7. The number of hydrogen-bond acceptors (Lipinski definition) is 6. The number of fused-ring (bicyclic) bond motifs is 1. The molecule has 0 atom stereocenters. The molecular formula is C25H18FN5O. The van der Waals surface area contributed by atoms with Crippen LogP contribution in [0, 0.1) is 5.82 Å². The molecule has 0 amide bonds. The summed E-state index contributed by atoms with van der Waals surface area (Å²) in [5, 5.41) is 3.99. The molecule has 5 rings (SSSR count). The van der Waals surface area contributed by atoms with Crippen molar-refractivity contribution < 1.29 is 9.13 Å². The Morgan fingerprint density at radius 1 is 0.812 bits per heavy atom. The zero-order chi connectivity index (χ0) is 21.9. The van der Waals surface area contributed by atoms with Crippen molar-refractivity contribution in [1.82, 2.24) is 19.9 Å². The summed E-state index contributed by atoms with van der Waals surface area (Å²) >= 11 is 0. The summed E-state index contributed by atoms with van der Waals surface area (Å²) in [7, 11) is 1.64. The molecule has 1 N–H and O–H groups in total. The van der Waals surface area contributed by atoms with Crippen LogP contribution in [0.15, 0.2) is 85.5 Å². The number of nitrogens with zero attached hydrogens (tertiary/aromatic N) is 4. The molecule has 0 aliphatic carbocycles. The van der Waals surface area contributed by atoms with Crippen LogP contribution >= 0.6 is 0 Å². The number of rotatable bonds is 5. The van der Waals surface area contributed by atoms with Crippen LogP contribution in [0.5, 0.6) is 5.75 Å². The van der Waals surface area contributed by atoms with E-state index in [1.165, 1.54) is 6.07 Å². The van der Waals surface area contributed by atoms with E-state index >= 15 is 0 Å². The van der Waals surface area contributed by atoms with E-state index in [0.29, 0.717) is 17.3 Å². The van der Waals surface area contributed by atoms with Gasteiger partial charge in [0.15, 0.2) is 5.82 Å². The van der Waals surface area contributed by atoms with Gasteiger partial charge in [0, 0.05) is 29.4 Å². The highest BCUT2D eigenvalue weighted by Gasteiger charge is 2.12. The fourth-order valence-electron chi connectivity index (χ4n) is 3.45. The number of halogens is 1. The summed E-state index contributed by atoms with van der Waals surface area (Å²) in [6.07, 6.45) is 6.11. The number of ether oxygens (including phenoxy) is 1. The molecule has 0 spiro atoms. The molecule has 3 aromatic heterocycles. The largest absolute Gasteiger partial charge is 0.497 e. The fraction of sp³-hybridized carbons (Fsp3) is 0.0400. The van der Waals surface area contributed by atoms with Crippen LogP contribution in [-0.4, -0.2) is 27.0 Å². The van der Waals surface area contributed by atoms with E-state index in [0.717, 1.165) is 39.5 Å². The molecule has 0 saturated carbocycles. The molecular weight excluding hydrogens is 405 g/mol. The lowest BCUT2D eigenvalue weighted by molar-refractivity contribution is 0.415. The molecule has 0 fully saturated rings. The number of hydrogen-bond donors (Lipinski definition) is 1. The number of aromatic nitrogens is 4. The molecule has 7 heteroatoms. The van der Waals surface area contributed by atoms with Gasteiger partial charge in [-0.05, 0) is 47.5 Å². The molecule has 156 valence electrons. The van der Waals surface area contributed by atoms with E-state index in [1.54, 1.807) is 25.7 Å². The molecule has 2 aromatic carbocycles. The van der Waals surface area contributed by atoms with Gasteiger partial charge in [0.2, 0.25) is 0 Å². The maximum atomic E-state index is 13.7. The zero-order valence-electron chi connectivity index (χ0n) is 17.2. The molecule has 0 unspecified atom stereocenters. The second-order valence-corrected chi connectivity index (χ2v) is 7.12. The van der Waals surface area contributed by atoms with Crippen molar-refractivity contribution >= 4 is 22.4 Å². The average Bonchev–Trinajstić information content (AvgIpc) is 2.84. The van der Waals surface area contributed by atoms with E-state index < -0.39 is 5.82 Å². The number of methoxy groups -OCH3 is 1. The summed E-state index contributed by atoms with van der Waals surface area (Å²) in [6, 6.07) is 18.9. The molecule has 6 nitrogen and oxygen atoms in total. The third kappa shape index (κ3) is 3.96. The van der Waals surface area contributed by atoms with Crippen molar-refractivity contribution in [2.45, 2.75) is 0 Å². The Morgan fingerprint density at radius 3 is 2.50 bits per heavy atom. The van der Waals surface area contributed by atoms with Crippen molar-refractivity contribution in [3.05, 3.63) is 91.3 Å². The lowest BCUT2D eigenvalue weighted by Gasteiger charge is -2.12. The lowest BCUT2D eigenvalue weighted by Crippen LogP contribution is -2.00. The van der Waals surface area contributed by atoms with Gasteiger partial charge in [-0.1, -0.05) is 18.2 Å². The van der Waals surface area contributed by atoms with Gasteiger partial charge in [0.1, 0.15) is 17.4 Å². The van der Waals surface area contributed by atoms with Crippen LogP contribution in [-0.2, 0) is 0 Å². The first-order valence-corrected chi connectivity index (χ1v) is 9.94. The molecule has 0 aliphatic rings. The monoisotopic (exact) mass is 423 g/mol. The average molecular weight is 423 g/mol. The minimum Gasteiger partial charge on any atom is -0.497 e. The summed E-state index contributed by atoms with van der Waals surface area (Å²) in [6.45, 7) is 0. The molecule has 32 heavy (non-hydrogen) atoms. The Balaban J connectivity index is 1.68. The first kappa shape index (κ1) is 19.6. The third-order valence-electron chi connectivity index (χ3n) is 4.99. The number of anilines is 2. The number of benzene rings is 2. The molecule has 5 aromatic rings. The Labute approximate surface area is 183 Å². The van der Waals surface area contributed by atoms with Crippen molar-refractivity contribution in [1.29, 1.82) is 0 Å². The van der Waals surface area contributed by atoms with Crippen LogP contribution in [0.2, 0.25) is 0 Å². The predicted octanol–water partition coefficient (Wildman–Crippen LogP) is 5.65. The highest BCUT2D eigenvalue weighted by Crippen LogP contribution is 2.32. The summed E-state index contributed by atoms with van der Waals surface area (Å²) < 4.78 is 19.1. The Hall–Kier alpha value is -4.39. The zero-order valence-corrected chi connectivity index (χ0v) is 17.2. The van der Waals surface area contributed by atoms with E-state index in [4.69, 9.17) is 14.7 Å². The van der Waals surface area contributed by atoms with Crippen LogP contribution in [0.3, 0.4) is 0 Å². The van der Waals surface area contributed by atoms with Gasteiger partial charge >= 0.3 is 0 Å². The first-order valence-electron chi connectivity index (χ1n) is 9.94. The van der Waals surface area contributed by atoms with Crippen molar-refractivity contribution in [2.24, 2.45) is 0 Å². The second-order valence-electron chi connectivity index (χ2n) is 7.12. The highest BCUT2D eigenvalue weighted by atomic mass is 19.1. The molecule has 0 radical (unpaired) electrons. The summed E-state index contributed by atoms with van der Waals surface area (Å²) in [4.78, 5) is 17.5. The second kappa shape index (κ2) is 8.39. The maximum absolute atomic E-state index is 13.7. The standard InChI is InChI=1S/C25H18FN5O/c1-32-21-6-2-4-16(10-21)17-7-8-23-22(11-17)25(29-20-12-19(26)14-28-15-20)31-24(30-23)18-5-3-9-27-13-18/h2-15H,1H3,(H,29,30,31). The summed E-state index contributed by atoms with van der Waals surface area (Å²) in [5.41, 5.74) is 4.01. The SMILES string of the molecule is COc1cccc(-c2ccc3nc(-c4cccnc4)nc(Nc4cncc(F)c4)c3c2)c1. The minimum absolute atomic E-state index is 0.432. The molecule has 0 saturated heterocycles. The van der Waals surface area contributed by atoms with Gasteiger partial charge in [-0.2, -0.15) is 0 Å². The Kier molecular flexibility index (Phi) is 5.13. The van der Waals surface area contributed by atoms with Gasteiger partial charge in [0.05, 0.1) is 30.7 Å². The smallest absolute Gasteiger partial charge is 0.163 e. The quantitative estimate of drug-likeness (QED) is 0.394. The van der Waals surface area contributed by atoms with E-state index in [9.17, 15) is 4.39 Å². The van der Waals surface area contributed by atoms with E-state index in [2.05, 4.69) is 15.3 Å². The van der Waals surface area contributed by atoms with Gasteiger partial charge in [0.25, 0.3) is 0 Å². The molecule has 0 aliphatic heterocycles. The topological polar surface area (TPSA) is 72.8 Å². The van der Waals surface area contributed by atoms with Crippen LogP contribution in [0.4, 0.5) is 15.9 Å². The van der Waals surface area contributed by atoms with Gasteiger partial charge < -0.3 is 10.1 Å². The van der Waals surface area contributed by atoms with Crippen LogP contribution < -0.4 is 10.1 Å². The Morgan fingerprint density at radius 2 is 1.69 bits per heavy atom. The van der Waals surface area contributed by atoms with Crippen LogP contribution in [0.25, 0.3) is 33.4 Å². The Bertz CT molecular complexity index is 1410. The van der Waals surface area contributed by atoms with E-state index in [1.807, 2.05) is 54.6 Å². The molecule has 0 bridgehead atoms. The van der Waals surface area contributed by atoms with Crippen molar-refractivity contribution in [3.8, 4) is 28.3 Å². The fourth-order valence-corrected chi connectivity index (χ4v) is 3.45. The van der Waals surface area contributed by atoms with Gasteiger partial charge in [-0.15, -0.1) is 0 Å². The third-order valence-corrected chi connectivity index (χ3v) is 4.99. The van der Waals surface area contributed by atoms with Crippen LogP contribution in [0.1, 0.15) is 0 Å². The van der Waals surface area contributed by atoms with Gasteiger partial charge in [-0.3, -0.25) is 9.97 Å². The minimum atomic E-state index is -0.432. The predicted molar refractivity (Wildman–Crippen MR) is 122 cm³/mol. The van der Waals surface area contributed by atoms with Crippen molar-refractivity contribution in [2.75, 3.05) is 12.4 Å². The highest BCUT2D eigenvalue weighted by molar-refractivity contribution is 5.95.